The number of hydrogen-bond acceptors (Lipinski definition) is 3. The van der Waals surface area contributed by atoms with Crippen LogP contribution < -0.4 is 10.1 Å². The van der Waals surface area contributed by atoms with E-state index in [-0.39, 0.29) is 24.0 Å². The van der Waals surface area contributed by atoms with E-state index in [1.165, 1.54) is 5.56 Å². The summed E-state index contributed by atoms with van der Waals surface area (Å²) >= 11 is 0. The van der Waals surface area contributed by atoms with E-state index < -0.39 is 0 Å². The average molecular weight is 493 g/mol. The van der Waals surface area contributed by atoms with E-state index in [9.17, 15) is 0 Å². The molecule has 3 rings (SSSR count). The molecule has 0 saturated carbocycles. The first-order valence-corrected chi connectivity index (χ1v) is 9.15. The predicted molar refractivity (Wildman–Crippen MR) is 125 cm³/mol. The van der Waals surface area contributed by atoms with Crippen molar-refractivity contribution in [3.05, 3.63) is 59.9 Å². The summed E-state index contributed by atoms with van der Waals surface area (Å²) in [5, 5.41) is 3.36. The Morgan fingerprint density at radius 2 is 1.89 bits per heavy atom. The van der Waals surface area contributed by atoms with Crippen molar-refractivity contribution >= 4 is 41.0 Å². The number of guanidine groups is 1. The van der Waals surface area contributed by atoms with Crippen LogP contribution in [-0.2, 0) is 20.1 Å². The fraction of sp³-hybridized carbons (Fsp3) is 0.333. The smallest absolute Gasteiger partial charge is 0.194 e. The lowest BCUT2D eigenvalue weighted by molar-refractivity contribution is 0.414. The molecule has 2 aromatic carbocycles. The molecule has 0 unspecified atom stereocenters. The number of aliphatic imine (C=N–C) groups is 1. The van der Waals surface area contributed by atoms with Gasteiger partial charge in [-0.25, -0.2) is 9.98 Å². The molecule has 1 N–H and O–H groups in total. The monoisotopic (exact) mass is 493 g/mol. The number of aryl methyl sites for hydroxylation is 1. The molecule has 150 valence electrons. The zero-order valence-electron chi connectivity index (χ0n) is 16.8. The fourth-order valence-electron chi connectivity index (χ4n) is 3.03. The number of fused-ring (bicyclic) bond motifs is 1. The van der Waals surface area contributed by atoms with Crippen LogP contribution in [0.2, 0.25) is 0 Å². The number of para-hydroxylation sites is 2. The lowest BCUT2D eigenvalue weighted by atomic mass is 10.2. The molecular formula is C21H28IN5O. The minimum atomic E-state index is 0. The van der Waals surface area contributed by atoms with E-state index in [1.54, 1.807) is 7.11 Å². The zero-order chi connectivity index (χ0) is 19.2. The van der Waals surface area contributed by atoms with Crippen molar-refractivity contribution in [3.63, 3.8) is 0 Å². The Labute approximate surface area is 183 Å². The van der Waals surface area contributed by atoms with Crippen molar-refractivity contribution in [2.24, 2.45) is 12.0 Å². The Morgan fingerprint density at radius 1 is 1.18 bits per heavy atom. The predicted octanol–water partition coefficient (Wildman–Crippen LogP) is 3.80. The van der Waals surface area contributed by atoms with Gasteiger partial charge in [0, 0.05) is 27.2 Å². The van der Waals surface area contributed by atoms with Gasteiger partial charge in [-0.1, -0.05) is 24.3 Å². The number of halogens is 1. The topological polar surface area (TPSA) is 54.7 Å². The largest absolute Gasteiger partial charge is 0.497 e. The molecule has 0 radical (unpaired) electrons. The van der Waals surface area contributed by atoms with Gasteiger partial charge in [0.15, 0.2) is 5.96 Å². The molecule has 28 heavy (non-hydrogen) atoms. The highest BCUT2D eigenvalue weighted by Crippen LogP contribution is 2.15. The second kappa shape index (κ2) is 10.3. The quantitative estimate of drug-likeness (QED) is 0.323. The fourth-order valence-corrected chi connectivity index (χ4v) is 3.03. The third kappa shape index (κ3) is 5.15. The Balaban J connectivity index is 0.00000280. The molecular weight excluding hydrogens is 465 g/mol. The van der Waals surface area contributed by atoms with Gasteiger partial charge in [-0.3, -0.25) is 0 Å². The van der Waals surface area contributed by atoms with Crippen LogP contribution in [0.4, 0.5) is 0 Å². The molecule has 0 atom stereocenters. The van der Waals surface area contributed by atoms with Gasteiger partial charge < -0.3 is 19.5 Å². The van der Waals surface area contributed by atoms with Gasteiger partial charge in [-0.05, 0) is 36.8 Å². The molecule has 0 fully saturated rings. The van der Waals surface area contributed by atoms with Crippen molar-refractivity contribution in [1.29, 1.82) is 0 Å². The SMILES string of the molecule is CCNC(=NCc1nc2ccccc2n1C)N(C)Cc1ccc(OC)cc1.I. The van der Waals surface area contributed by atoms with Gasteiger partial charge in [0.2, 0.25) is 0 Å². The molecule has 0 saturated heterocycles. The van der Waals surface area contributed by atoms with Crippen molar-refractivity contribution in [3.8, 4) is 5.75 Å². The molecule has 0 aliphatic carbocycles. The van der Waals surface area contributed by atoms with E-state index >= 15 is 0 Å². The maximum atomic E-state index is 5.22. The van der Waals surface area contributed by atoms with E-state index in [0.29, 0.717) is 6.54 Å². The lowest BCUT2D eigenvalue weighted by Gasteiger charge is -2.22. The van der Waals surface area contributed by atoms with Gasteiger partial charge in [0.05, 0.1) is 18.1 Å². The lowest BCUT2D eigenvalue weighted by Crippen LogP contribution is -2.38. The van der Waals surface area contributed by atoms with Crippen LogP contribution in [-0.4, -0.2) is 41.1 Å². The maximum absolute atomic E-state index is 5.22. The Morgan fingerprint density at radius 3 is 2.54 bits per heavy atom. The number of ether oxygens (including phenoxy) is 1. The van der Waals surface area contributed by atoms with Gasteiger partial charge in [0.25, 0.3) is 0 Å². The van der Waals surface area contributed by atoms with Crippen LogP contribution in [0.5, 0.6) is 5.75 Å². The molecule has 1 heterocycles. The third-order valence-electron chi connectivity index (χ3n) is 4.53. The molecule has 7 heteroatoms. The number of aromatic nitrogens is 2. The molecule has 0 bridgehead atoms. The average Bonchev–Trinajstić information content (AvgIpc) is 3.01. The third-order valence-corrected chi connectivity index (χ3v) is 4.53. The molecule has 0 spiro atoms. The highest BCUT2D eigenvalue weighted by atomic mass is 127. The van der Waals surface area contributed by atoms with E-state index in [0.717, 1.165) is 41.7 Å². The summed E-state index contributed by atoms with van der Waals surface area (Å²) in [7, 11) is 5.76. The number of rotatable bonds is 6. The van der Waals surface area contributed by atoms with Crippen LogP contribution in [0.15, 0.2) is 53.5 Å². The summed E-state index contributed by atoms with van der Waals surface area (Å²) in [6, 6.07) is 16.3. The van der Waals surface area contributed by atoms with E-state index in [4.69, 9.17) is 14.7 Å². The van der Waals surface area contributed by atoms with E-state index in [1.807, 2.05) is 44.4 Å². The van der Waals surface area contributed by atoms with Gasteiger partial charge in [-0.2, -0.15) is 0 Å². The standard InChI is InChI=1S/C21H27N5O.HI/c1-5-22-21(25(2)15-16-10-12-17(27-4)13-11-16)23-14-20-24-18-8-6-7-9-19(18)26(20)3;/h6-13H,5,14-15H2,1-4H3,(H,22,23);1H. The second-order valence-electron chi connectivity index (χ2n) is 6.45. The van der Waals surface area contributed by atoms with Gasteiger partial charge in [-0.15, -0.1) is 24.0 Å². The van der Waals surface area contributed by atoms with Crippen molar-refractivity contribution in [2.75, 3.05) is 20.7 Å². The Hall–Kier alpha value is -2.29. The normalized spacial score (nSPS) is 11.2. The van der Waals surface area contributed by atoms with Crippen molar-refractivity contribution < 1.29 is 4.74 Å². The van der Waals surface area contributed by atoms with Gasteiger partial charge in [0.1, 0.15) is 18.1 Å². The number of imidazole rings is 1. The van der Waals surface area contributed by atoms with Crippen molar-refractivity contribution in [1.82, 2.24) is 19.8 Å². The molecule has 0 aliphatic heterocycles. The Kier molecular flexibility index (Phi) is 8.10. The summed E-state index contributed by atoms with van der Waals surface area (Å²) in [4.78, 5) is 11.6. The summed E-state index contributed by atoms with van der Waals surface area (Å²) in [6.07, 6.45) is 0. The first kappa shape index (κ1) is 22.0. The summed E-state index contributed by atoms with van der Waals surface area (Å²) in [5.41, 5.74) is 3.33. The van der Waals surface area contributed by atoms with Crippen LogP contribution >= 0.6 is 24.0 Å². The number of benzene rings is 2. The van der Waals surface area contributed by atoms with E-state index in [2.05, 4.69) is 39.9 Å². The van der Waals surface area contributed by atoms with Crippen LogP contribution in [0.3, 0.4) is 0 Å². The van der Waals surface area contributed by atoms with Crippen LogP contribution in [0.25, 0.3) is 11.0 Å². The zero-order valence-corrected chi connectivity index (χ0v) is 19.2. The van der Waals surface area contributed by atoms with Crippen LogP contribution in [0, 0.1) is 0 Å². The number of nitrogens with zero attached hydrogens (tertiary/aromatic N) is 4. The minimum Gasteiger partial charge on any atom is -0.497 e. The number of nitrogens with one attached hydrogen (secondary N) is 1. The molecule has 1 aromatic heterocycles. The summed E-state index contributed by atoms with van der Waals surface area (Å²) in [6.45, 7) is 4.18. The highest BCUT2D eigenvalue weighted by Gasteiger charge is 2.10. The Bertz CT molecular complexity index is 920. The van der Waals surface area contributed by atoms with Crippen molar-refractivity contribution in [2.45, 2.75) is 20.0 Å². The summed E-state index contributed by atoms with van der Waals surface area (Å²) in [5.74, 6) is 2.67. The van der Waals surface area contributed by atoms with Crippen LogP contribution in [0.1, 0.15) is 18.3 Å². The first-order chi connectivity index (χ1) is 13.1. The molecule has 6 nitrogen and oxygen atoms in total. The molecule has 3 aromatic rings. The highest BCUT2D eigenvalue weighted by molar-refractivity contribution is 14.0. The van der Waals surface area contributed by atoms with Gasteiger partial charge >= 0.3 is 0 Å². The minimum absolute atomic E-state index is 0. The second-order valence-corrected chi connectivity index (χ2v) is 6.45. The summed E-state index contributed by atoms with van der Waals surface area (Å²) < 4.78 is 7.33. The maximum Gasteiger partial charge on any atom is 0.194 e. The molecule has 0 aliphatic rings. The molecule has 0 amide bonds. The number of methoxy groups -OCH3 is 1. The first-order valence-electron chi connectivity index (χ1n) is 9.15. The number of hydrogen-bond donors (Lipinski definition) is 1.